The Hall–Kier alpha value is -5.44. The molecule has 0 bridgehead atoms. The summed E-state index contributed by atoms with van der Waals surface area (Å²) in [5.74, 6) is 0.789. The van der Waals surface area contributed by atoms with Crippen LogP contribution in [0.2, 0.25) is 0 Å². The molecule has 0 radical (unpaired) electrons. The Morgan fingerprint density at radius 1 is 0.918 bits per heavy atom. The van der Waals surface area contributed by atoms with Gasteiger partial charge in [-0.15, -0.1) is 5.06 Å². The number of fused-ring (bicyclic) bond motifs is 3. The second-order valence-corrected chi connectivity index (χ2v) is 14.0. The zero-order valence-electron chi connectivity index (χ0n) is 27.1. The van der Waals surface area contributed by atoms with Gasteiger partial charge in [0.25, 0.3) is 0 Å². The molecule has 2 aliphatic heterocycles. The van der Waals surface area contributed by atoms with Gasteiger partial charge in [0.1, 0.15) is 0 Å². The number of rotatable bonds is 9. The van der Waals surface area contributed by atoms with Crippen molar-refractivity contribution in [2.24, 2.45) is 28.3 Å². The molecule has 4 aromatic carbocycles. The van der Waals surface area contributed by atoms with Crippen LogP contribution in [0, 0.1) is 11.8 Å². The van der Waals surface area contributed by atoms with E-state index in [4.69, 9.17) is 16.3 Å². The molecule has 6 atom stereocenters. The molecule has 4 fully saturated rings. The van der Waals surface area contributed by atoms with Gasteiger partial charge in [0, 0.05) is 30.1 Å². The van der Waals surface area contributed by atoms with Crippen molar-refractivity contribution in [1.29, 1.82) is 0 Å². The fourth-order valence-corrected chi connectivity index (χ4v) is 7.64. The minimum Gasteiger partial charge on any atom is -0.397 e. The molecule has 8 nitrogen and oxygen atoms in total. The average Bonchev–Trinajstić information content (AvgIpc) is 4.06. The van der Waals surface area contributed by atoms with Crippen molar-refractivity contribution in [3.05, 3.63) is 144 Å². The number of hydrogen-bond acceptors (Lipinski definition) is 8. The third kappa shape index (κ3) is 5.53. The fraction of sp³-hybridized carbons (Fsp3) is 0.220. The molecule has 6 N–H and O–H groups in total. The van der Waals surface area contributed by atoms with Gasteiger partial charge < -0.3 is 21.6 Å². The first-order valence-corrected chi connectivity index (χ1v) is 17.0. The predicted molar refractivity (Wildman–Crippen MR) is 194 cm³/mol. The molecule has 0 amide bonds. The second-order valence-electron chi connectivity index (χ2n) is 14.0. The van der Waals surface area contributed by atoms with Gasteiger partial charge in [-0.2, -0.15) is 0 Å². The van der Waals surface area contributed by atoms with E-state index in [0.29, 0.717) is 23.2 Å². The maximum Gasteiger partial charge on any atom is 0.357 e. The van der Waals surface area contributed by atoms with Crippen LogP contribution in [0.5, 0.6) is 0 Å². The molecule has 0 aromatic heterocycles. The van der Waals surface area contributed by atoms with E-state index in [2.05, 4.69) is 76.8 Å². The van der Waals surface area contributed by atoms with Gasteiger partial charge in [0.05, 0.1) is 40.8 Å². The van der Waals surface area contributed by atoms with Crippen LogP contribution in [0.25, 0.3) is 33.3 Å². The molecule has 2 heterocycles. The molecular formula is C41H38N6O2. The lowest BCUT2D eigenvalue weighted by molar-refractivity contribution is -0.114. The molecule has 2 saturated carbocycles. The quantitative estimate of drug-likeness (QED) is 0.128. The van der Waals surface area contributed by atoms with E-state index in [0.717, 1.165) is 56.6 Å². The van der Waals surface area contributed by atoms with E-state index in [-0.39, 0.29) is 23.6 Å². The molecule has 244 valence electrons. The highest BCUT2D eigenvalue weighted by Gasteiger charge is 2.60. The first-order chi connectivity index (χ1) is 23.8. The number of carbonyl (C=O) groups excluding carboxylic acids is 1. The fourth-order valence-electron chi connectivity index (χ4n) is 7.64. The maximum absolute atomic E-state index is 12.7. The summed E-state index contributed by atoms with van der Waals surface area (Å²) in [5.41, 5.74) is 21.2. The summed E-state index contributed by atoms with van der Waals surface area (Å²) in [7, 11) is 0. The molecular weight excluding hydrogens is 608 g/mol. The first kappa shape index (κ1) is 29.7. The minimum atomic E-state index is -0.381. The first-order valence-electron chi connectivity index (χ1n) is 17.0. The number of piperidine rings is 2. The molecule has 5 aliphatic rings. The van der Waals surface area contributed by atoms with Crippen LogP contribution in [-0.2, 0) is 4.84 Å². The molecule has 1 unspecified atom stereocenters. The number of nitrogens with zero attached hydrogens (tertiary/aromatic N) is 2. The number of carbonyl (C=O) groups is 1. The van der Waals surface area contributed by atoms with Crippen molar-refractivity contribution in [2.45, 2.75) is 42.9 Å². The minimum absolute atomic E-state index is 0.0463. The highest BCUT2D eigenvalue weighted by atomic mass is 16.7. The normalized spacial score (nSPS) is 28.4. The number of benzene rings is 4. The van der Waals surface area contributed by atoms with Crippen LogP contribution < -0.4 is 22.1 Å². The van der Waals surface area contributed by atoms with E-state index < -0.39 is 0 Å². The SMILES string of the molecule is C=C1[C@@H]2[C@H]1C[C@@H](C=N/C=C(\N)c1ccc(-c3ccc4cc(/C(N)=C/NC5=CC56C[C@H]5C[C@H]5N6)ccc4c3)cc1)N2OC(=O)c1ccccc1. The zero-order valence-corrected chi connectivity index (χ0v) is 27.1. The number of hydroxylamine groups is 2. The van der Waals surface area contributed by atoms with Crippen LogP contribution in [-0.4, -0.2) is 40.9 Å². The van der Waals surface area contributed by atoms with Gasteiger partial charge in [-0.05, 0) is 88.5 Å². The summed E-state index contributed by atoms with van der Waals surface area (Å²) in [5, 5.41) is 11.2. The molecule has 2 saturated heterocycles. The molecule has 49 heavy (non-hydrogen) atoms. The Morgan fingerprint density at radius 2 is 1.67 bits per heavy atom. The van der Waals surface area contributed by atoms with Crippen LogP contribution in [0.15, 0.2) is 132 Å². The second kappa shape index (κ2) is 11.3. The van der Waals surface area contributed by atoms with E-state index in [9.17, 15) is 4.79 Å². The van der Waals surface area contributed by atoms with E-state index in [1.807, 2.05) is 36.5 Å². The Kier molecular flexibility index (Phi) is 6.86. The Labute approximate surface area is 285 Å². The van der Waals surface area contributed by atoms with Gasteiger partial charge in [-0.25, -0.2) is 4.79 Å². The number of nitrogens with two attached hydrogens (primary N) is 2. The van der Waals surface area contributed by atoms with Gasteiger partial charge in [0.2, 0.25) is 0 Å². The smallest absolute Gasteiger partial charge is 0.357 e. The third-order valence-electron chi connectivity index (χ3n) is 10.7. The monoisotopic (exact) mass is 646 g/mol. The molecule has 9 rings (SSSR count). The zero-order chi connectivity index (χ0) is 33.3. The van der Waals surface area contributed by atoms with E-state index in [1.54, 1.807) is 29.6 Å². The number of nitrogens with one attached hydrogen (secondary N) is 2. The topological polar surface area (TPSA) is 118 Å². The Morgan fingerprint density at radius 3 is 2.47 bits per heavy atom. The largest absolute Gasteiger partial charge is 0.397 e. The van der Waals surface area contributed by atoms with Gasteiger partial charge >= 0.3 is 5.97 Å². The van der Waals surface area contributed by atoms with Crippen molar-refractivity contribution >= 4 is 34.4 Å². The predicted octanol–water partition coefficient (Wildman–Crippen LogP) is 6.10. The molecule has 3 aliphatic carbocycles. The summed E-state index contributed by atoms with van der Waals surface area (Å²) in [4.78, 5) is 23.0. The van der Waals surface area contributed by atoms with Crippen LogP contribution in [0.3, 0.4) is 0 Å². The Balaban J connectivity index is 0.834. The van der Waals surface area contributed by atoms with Crippen LogP contribution in [0.4, 0.5) is 0 Å². The lowest BCUT2D eigenvalue weighted by Gasteiger charge is -2.23. The summed E-state index contributed by atoms with van der Waals surface area (Å²) in [6.45, 7) is 4.12. The maximum atomic E-state index is 12.7. The average molecular weight is 647 g/mol. The van der Waals surface area contributed by atoms with E-state index >= 15 is 0 Å². The van der Waals surface area contributed by atoms with Gasteiger partial charge in [-0.1, -0.05) is 78.9 Å². The van der Waals surface area contributed by atoms with Gasteiger partial charge in [-0.3, -0.25) is 10.3 Å². The summed E-state index contributed by atoms with van der Waals surface area (Å²) in [6, 6.07) is 30.6. The third-order valence-corrected chi connectivity index (χ3v) is 10.7. The van der Waals surface area contributed by atoms with Gasteiger partial charge in [0.15, 0.2) is 0 Å². The molecule has 4 aromatic rings. The summed E-state index contributed by atoms with van der Waals surface area (Å²) >= 11 is 0. The summed E-state index contributed by atoms with van der Waals surface area (Å²) in [6.07, 6.45) is 11.0. The van der Waals surface area contributed by atoms with E-state index in [1.165, 1.54) is 18.5 Å². The highest BCUT2D eigenvalue weighted by Crippen LogP contribution is 2.54. The number of aliphatic imine (C=N–C) groups is 1. The van der Waals surface area contributed by atoms with Crippen LogP contribution >= 0.6 is 0 Å². The van der Waals surface area contributed by atoms with Crippen molar-refractivity contribution in [1.82, 2.24) is 15.7 Å². The summed E-state index contributed by atoms with van der Waals surface area (Å²) < 4.78 is 0. The van der Waals surface area contributed by atoms with Crippen molar-refractivity contribution in [3.8, 4) is 11.1 Å². The Bertz CT molecular complexity index is 2120. The standard InChI is InChI=1S/C41H38N6O2/c1-24-34-18-33(47(39(24)34)49-40(48)27-5-3-2-4-6-27)21-44-22-35(42)26-9-7-25(8-10-26)28-11-12-30-16-31(14-13-29(30)15-28)36(43)23-45-38-20-41(38)19-32-17-37(32)46-41/h2-16,20-23,32-34,37,39,45-46H,1,17-19,42-43H2/b35-22-,36-23-,44-21?/t32-,33+,34+,37-,39-,41?/m1/s1. The van der Waals surface area contributed by atoms with Crippen molar-refractivity contribution in [3.63, 3.8) is 0 Å². The van der Waals surface area contributed by atoms with Crippen molar-refractivity contribution < 1.29 is 9.63 Å². The lowest BCUT2D eigenvalue weighted by atomic mass is 9.98. The lowest BCUT2D eigenvalue weighted by Crippen LogP contribution is -2.36. The van der Waals surface area contributed by atoms with Crippen LogP contribution in [0.1, 0.15) is 40.7 Å². The highest BCUT2D eigenvalue weighted by molar-refractivity contribution is 5.90. The number of hydrogen-bond donors (Lipinski definition) is 4. The molecule has 8 heteroatoms. The van der Waals surface area contributed by atoms with Crippen molar-refractivity contribution in [2.75, 3.05) is 0 Å². The molecule has 1 spiro atoms.